The highest BCUT2D eigenvalue weighted by molar-refractivity contribution is 5.75. The summed E-state index contributed by atoms with van der Waals surface area (Å²) >= 11 is 0. The van der Waals surface area contributed by atoms with Crippen molar-refractivity contribution in [3.8, 4) is 0 Å². The van der Waals surface area contributed by atoms with E-state index in [9.17, 15) is 4.79 Å². The Labute approximate surface area is 111 Å². The van der Waals surface area contributed by atoms with Gasteiger partial charge in [-0.2, -0.15) is 0 Å². The molecule has 3 N–H and O–H groups in total. The van der Waals surface area contributed by atoms with Gasteiger partial charge in [-0.1, -0.05) is 12.1 Å². The molecule has 0 saturated carbocycles. The van der Waals surface area contributed by atoms with Gasteiger partial charge in [0.2, 0.25) is 0 Å². The van der Waals surface area contributed by atoms with E-state index in [0.717, 1.165) is 16.9 Å². The maximum Gasteiger partial charge on any atom is 0.404 e. The van der Waals surface area contributed by atoms with E-state index in [4.69, 9.17) is 5.73 Å². The first-order chi connectivity index (χ1) is 9.09. The third-order valence-corrected chi connectivity index (χ3v) is 3.01. The number of fused-ring (bicyclic) bond motifs is 1. The molecule has 1 atom stereocenters. The van der Waals surface area contributed by atoms with Gasteiger partial charge < -0.3 is 20.4 Å². The van der Waals surface area contributed by atoms with Gasteiger partial charge in [0.15, 0.2) is 0 Å². The van der Waals surface area contributed by atoms with Crippen molar-refractivity contribution in [1.29, 1.82) is 0 Å². The van der Waals surface area contributed by atoms with E-state index in [2.05, 4.69) is 19.6 Å². The van der Waals surface area contributed by atoms with Crippen molar-refractivity contribution in [3.05, 3.63) is 30.1 Å². The number of rotatable bonds is 5. The Balaban J connectivity index is 2.03. The Morgan fingerprint density at radius 2 is 2.26 bits per heavy atom. The van der Waals surface area contributed by atoms with Gasteiger partial charge in [-0.3, -0.25) is 0 Å². The molecule has 0 aliphatic rings. The third-order valence-electron chi connectivity index (χ3n) is 3.01. The van der Waals surface area contributed by atoms with Crippen LogP contribution in [0, 0.1) is 0 Å². The summed E-state index contributed by atoms with van der Waals surface area (Å²) in [5, 5.41) is 3.24. The number of primary amides is 1. The quantitative estimate of drug-likeness (QED) is 0.796. The van der Waals surface area contributed by atoms with E-state index >= 15 is 0 Å². The van der Waals surface area contributed by atoms with Gasteiger partial charge in [0, 0.05) is 13.6 Å². The molecule has 0 saturated heterocycles. The summed E-state index contributed by atoms with van der Waals surface area (Å²) in [5.74, 6) is 0.945. The Kier molecular flexibility index (Phi) is 4.01. The number of hydrogen-bond acceptors (Lipinski definition) is 4. The minimum absolute atomic E-state index is 0.0638. The van der Waals surface area contributed by atoms with Gasteiger partial charge in [-0.25, -0.2) is 9.78 Å². The number of carbonyl (C=O) groups excluding carboxylic acids is 1. The maximum absolute atomic E-state index is 10.4. The van der Waals surface area contributed by atoms with Crippen LogP contribution in [0.15, 0.2) is 24.3 Å². The molecule has 1 aromatic heterocycles. The number of imidazole rings is 1. The normalized spacial score (nSPS) is 12.5. The molecular formula is C13H18N4O2. The summed E-state index contributed by atoms with van der Waals surface area (Å²) in [7, 11) is 1.99. The number of hydrogen-bond donors (Lipinski definition) is 2. The van der Waals surface area contributed by atoms with Gasteiger partial charge >= 0.3 is 6.09 Å². The Morgan fingerprint density at radius 1 is 1.53 bits per heavy atom. The molecule has 1 amide bonds. The molecule has 2 aromatic rings. The number of aromatic nitrogens is 2. The van der Waals surface area contributed by atoms with Crippen LogP contribution in [0.4, 0.5) is 4.79 Å². The summed E-state index contributed by atoms with van der Waals surface area (Å²) in [6, 6.07) is 8.05. The summed E-state index contributed by atoms with van der Waals surface area (Å²) < 4.78 is 6.72. The molecular weight excluding hydrogens is 244 g/mol. The lowest BCUT2D eigenvalue weighted by Gasteiger charge is -2.13. The lowest BCUT2D eigenvalue weighted by atomic mass is 10.3. The predicted molar refractivity (Wildman–Crippen MR) is 72.7 cm³/mol. The van der Waals surface area contributed by atoms with E-state index in [1.165, 1.54) is 0 Å². The summed E-state index contributed by atoms with van der Waals surface area (Å²) in [4.78, 5) is 15.0. The molecule has 1 aromatic carbocycles. The van der Waals surface area contributed by atoms with Crippen LogP contribution < -0.4 is 11.1 Å². The second kappa shape index (κ2) is 5.71. The first-order valence-electron chi connectivity index (χ1n) is 6.16. The number of ether oxygens (including phenoxy) is 1. The van der Waals surface area contributed by atoms with Crippen molar-refractivity contribution in [2.75, 3.05) is 13.2 Å². The maximum atomic E-state index is 10.4. The Morgan fingerprint density at radius 3 is 2.95 bits per heavy atom. The fourth-order valence-corrected chi connectivity index (χ4v) is 2.07. The number of carbonyl (C=O) groups is 1. The highest BCUT2D eigenvalue weighted by Gasteiger charge is 2.13. The second-order valence-electron chi connectivity index (χ2n) is 4.36. The fourth-order valence-electron chi connectivity index (χ4n) is 2.07. The highest BCUT2D eigenvalue weighted by Crippen LogP contribution is 2.18. The zero-order chi connectivity index (χ0) is 13.8. The van der Waals surface area contributed by atoms with Gasteiger partial charge in [0.05, 0.1) is 17.1 Å². The number of aryl methyl sites for hydroxylation is 1. The third kappa shape index (κ3) is 3.03. The summed E-state index contributed by atoms with van der Waals surface area (Å²) in [5.41, 5.74) is 6.96. The number of amides is 1. The number of benzene rings is 1. The number of nitrogens with one attached hydrogen (secondary N) is 1. The average molecular weight is 262 g/mol. The van der Waals surface area contributed by atoms with Crippen molar-refractivity contribution in [3.63, 3.8) is 0 Å². The van der Waals surface area contributed by atoms with Gasteiger partial charge in [-0.15, -0.1) is 0 Å². The van der Waals surface area contributed by atoms with E-state index in [1.54, 1.807) is 0 Å². The Bertz CT molecular complexity index is 579. The van der Waals surface area contributed by atoms with Crippen LogP contribution >= 0.6 is 0 Å². The lowest BCUT2D eigenvalue weighted by molar-refractivity contribution is 0.156. The number of nitrogens with two attached hydrogens (primary N) is 1. The second-order valence-corrected chi connectivity index (χ2v) is 4.36. The zero-order valence-corrected chi connectivity index (χ0v) is 11.1. The van der Waals surface area contributed by atoms with Crippen LogP contribution in [0.1, 0.15) is 18.8 Å². The van der Waals surface area contributed by atoms with Crippen molar-refractivity contribution in [2.24, 2.45) is 12.8 Å². The van der Waals surface area contributed by atoms with E-state index in [0.29, 0.717) is 6.54 Å². The molecule has 6 nitrogen and oxygen atoms in total. The van der Waals surface area contributed by atoms with Gasteiger partial charge in [0.1, 0.15) is 12.4 Å². The first kappa shape index (κ1) is 13.4. The fraction of sp³-hybridized carbons (Fsp3) is 0.385. The first-order valence-corrected chi connectivity index (χ1v) is 6.16. The predicted octanol–water partition coefficient (Wildman–Crippen LogP) is 1.32. The van der Waals surface area contributed by atoms with Gasteiger partial charge in [-0.05, 0) is 19.1 Å². The molecule has 0 bridgehead atoms. The molecule has 0 aliphatic heterocycles. The molecule has 0 fully saturated rings. The van der Waals surface area contributed by atoms with Crippen LogP contribution in [0.2, 0.25) is 0 Å². The Hall–Kier alpha value is -2.08. The molecule has 1 unspecified atom stereocenters. The van der Waals surface area contributed by atoms with E-state index in [-0.39, 0.29) is 12.6 Å². The molecule has 102 valence electrons. The average Bonchev–Trinajstić information content (AvgIpc) is 2.72. The molecule has 0 aliphatic carbocycles. The molecule has 0 radical (unpaired) electrons. The molecule has 0 spiro atoms. The minimum atomic E-state index is -0.753. The van der Waals surface area contributed by atoms with Gasteiger partial charge in [0.25, 0.3) is 0 Å². The van der Waals surface area contributed by atoms with Crippen molar-refractivity contribution in [1.82, 2.24) is 14.9 Å². The van der Waals surface area contributed by atoms with Crippen LogP contribution in [0.5, 0.6) is 0 Å². The smallest absolute Gasteiger partial charge is 0.404 e. The topological polar surface area (TPSA) is 82.2 Å². The van der Waals surface area contributed by atoms with Crippen molar-refractivity contribution >= 4 is 17.1 Å². The van der Waals surface area contributed by atoms with E-state index < -0.39 is 6.09 Å². The molecule has 2 rings (SSSR count). The summed E-state index contributed by atoms with van der Waals surface area (Å²) in [6.45, 7) is 2.81. The standard InChI is InChI=1S/C13H18N4O2/c1-9(15-7-8-19-13(14)18)12-16-10-5-3-4-6-11(10)17(12)2/h3-6,9,15H,7-8H2,1-2H3,(H2,14,18). The molecule has 19 heavy (non-hydrogen) atoms. The number of para-hydroxylation sites is 2. The largest absolute Gasteiger partial charge is 0.448 e. The zero-order valence-electron chi connectivity index (χ0n) is 11.1. The van der Waals surface area contributed by atoms with Crippen LogP contribution in [0.25, 0.3) is 11.0 Å². The minimum Gasteiger partial charge on any atom is -0.448 e. The lowest BCUT2D eigenvalue weighted by Crippen LogP contribution is -2.27. The van der Waals surface area contributed by atoms with E-state index in [1.807, 2.05) is 38.2 Å². The van der Waals surface area contributed by atoms with Crippen LogP contribution in [0.3, 0.4) is 0 Å². The molecule has 6 heteroatoms. The molecule has 1 heterocycles. The van der Waals surface area contributed by atoms with Crippen LogP contribution in [-0.2, 0) is 11.8 Å². The van der Waals surface area contributed by atoms with Crippen molar-refractivity contribution < 1.29 is 9.53 Å². The SMILES string of the molecule is CC(NCCOC(N)=O)c1nc2ccccc2n1C. The highest BCUT2D eigenvalue weighted by atomic mass is 16.5. The monoisotopic (exact) mass is 262 g/mol. The summed E-state index contributed by atoms with van der Waals surface area (Å²) in [6.07, 6.45) is -0.753. The van der Waals surface area contributed by atoms with Crippen molar-refractivity contribution in [2.45, 2.75) is 13.0 Å². The van der Waals surface area contributed by atoms with Crippen LogP contribution in [-0.4, -0.2) is 28.8 Å². The number of nitrogens with zero attached hydrogens (tertiary/aromatic N) is 2.